The van der Waals surface area contributed by atoms with Gasteiger partial charge in [0, 0.05) is 26.1 Å². The van der Waals surface area contributed by atoms with Crippen molar-refractivity contribution in [3.8, 4) is 0 Å². The van der Waals surface area contributed by atoms with Crippen LogP contribution in [0, 0.1) is 12.8 Å². The van der Waals surface area contributed by atoms with Crippen molar-refractivity contribution in [2.45, 2.75) is 33.2 Å². The lowest BCUT2D eigenvalue weighted by atomic mass is 10.0. The highest BCUT2D eigenvalue weighted by atomic mass is 16.5. The van der Waals surface area contributed by atoms with Gasteiger partial charge in [-0.05, 0) is 18.4 Å². The maximum Gasteiger partial charge on any atom is 0.220 e. The number of nitrogens with one attached hydrogen (secondary N) is 1. The predicted octanol–water partition coefficient (Wildman–Crippen LogP) is 2.53. The van der Waals surface area contributed by atoms with E-state index < -0.39 is 0 Å². The molecule has 1 atom stereocenters. The lowest BCUT2D eigenvalue weighted by Gasteiger charge is -2.35. The minimum absolute atomic E-state index is 0.139. The zero-order valence-corrected chi connectivity index (χ0v) is 14.0. The number of benzene rings is 1. The van der Waals surface area contributed by atoms with Gasteiger partial charge in [-0.1, -0.05) is 43.7 Å². The third-order valence-corrected chi connectivity index (χ3v) is 4.03. The first kappa shape index (κ1) is 17.0. The fourth-order valence-corrected chi connectivity index (χ4v) is 2.79. The summed E-state index contributed by atoms with van der Waals surface area (Å²) in [4.78, 5) is 14.4. The summed E-state index contributed by atoms with van der Waals surface area (Å²) in [5.41, 5.74) is 2.52. The average Bonchev–Trinajstić information content (AvgIpc) is 2.49. The molecule has 0 spiro atoms. The molecule has 2 rings (SSSR count). The molecule has 22 heavy (non-hydrogen) atoms. The lowest BCUT2D eigenvalue weighted by molar-refractivity contribution is -0.122. The van der Waals surface area contributed by atoms with Crippen molar-refractivity contribution in [1.82, 2.24) is 10.2 Å². The standard InChI is InChI=1S/C18H28N2O2/c1-14(2)12-18(21)19-13-17(20-8-10-22-11-9-20)16-6-4-15(3)5-7-16/h4-7,14,17H,8-13H2,1-3H3,(H,19,21)/t17-/m1/s1. The van der Waals surface area contributed by atoms with Crippen LogP contribution in [0.25, 0.3) is 0 Å². The van der Waals surface area contributed by atoms with Crippen LogP contribution in [0.5, 0.6) is 0 Å². The summed E-state index contributed by atoms with van der Waals surface area (Å²) in [5, 5.41) is 3.10. The summed E-state index contributed by atoms with van der Waals surface area (Å²) >= 11 is 0. The Hall–Kier alpha value is -1.39. The first-order valence-electron chi connectivity index (χ1n) is 8.21. The van der Waals surface area contributed by atoms with Crippen molar-refractivity contribution < 1.29 is 9.53 Å². The van der Waals surface area contributed by atoms with Gasteiger partial charge in [0.2, 0.25) is 5.91 Å². The maximum atomic E-state index is 12.0. The Morgan fingerprint density at radius 3 is 2.45 bits per heavy atom. The normalized spacial score (nSPS) is 17.5. The van der Waals surface area contributed by atoms with Gasteiger partial charge in [0.25, 0.3) is 0 Å². The van der Waals surface area contributed by atoms with Crippen molar-refractivity contribution >= 4 is 5.91 Å². The van der Waals surface area contributed by atoms with Crippen LogP contribution in [-0.2, 0) is 9.53 Å². The third-order valence-electron chi connectivity index (χ3n) is 4.03. The number of amides is 1. The average molecular weight is 304 g/mol. The Balaban J connectivity index is 2.04. The molecule has 1 aromatic carbocycles. The van der Waals surface area contributed by atoms with Gasteiger partial charge in [0.1, 0.15) is 0 Å². The molecule has 4 nitrogen and oxygen atoms in total. The minimum Gasteiger partial charge on any atom is -0.379 e. The Morgan fingerprint density at radius 2 is 1.86 bits per heavy atom. The van der Waals surface area contributed by atoms with Crippen molar-refractivity contribution in [2.75, 3.05) is 32.8 Å². The predicted molar refractivity (Wildman–Crippen MR) is 88.8 cm³/mol. The number of aryl methyl sites for hydroxylation is 1. The number of hydrogen-bond acceptors (Lipinski definition) is 3. The Labute approximate surface area is 133 Å². The SMILES string of the molecule is Cc1ccc([C@@H](CNC(=O)CC(C)C)N2CCOCC2)cc1. The molecule has 0 radical (unpaired) electrons. The number of hydrogen-bond donors (Lipinski definition) is 1. The molecule has 1 saturated heterocycles. The highest BCUT2D eigenvalue weighted by molar-refractivity contribution is 5.76. The molecule has 0 aromatic heterocycles. The van der Waals surface area contributed by atoms with E-state index in [0.29, 0.717) is 18.9 Å². The molecule has 4 heteroatoms. The molecule has 1 aliphatic heterocycles. The van der Waals surface area contributed by atoms with Crippen LogP contribution >= 0.6 is 0 Å². The molecule has 0 aliphatic carbocycles. The van der Waals surface area contributed by atoms with Gasteiger partial charge >= 0.3 is 0 Å². The van der Waals surface area contributed by atoms with Crippen molar-refractivity contribution in [3.05, 3.63) is 35.4 Å². The number of carbonyl (C=O) groups excluding carboxylic acids is 1. The fraction of sp³-hybridized carbons (Fsp3) is 0.611. The Kier molecular flexibility index (Phi) is 6.40. The second kappa shape index (κ2) is 8.30. The number of rotatable bonds is 6. The van der Waals surface area contributed by atoms with Crippen molar-refractivity contribution in [3.63, 3.8) is 0 Å². The van der Waals surface area contributed by atoms with Crippen LogP contribution in [0.3, 0.4) is 0 Å². The van der Waals surface area contributed by atoms with E-state index in [1.165, 1.54) is 11.1 Å². The number of nitrogens with zero attached hydrogens (tertiary/aromatic N) is 1. The van der Waals surface area contributed by atoms with E-state index in [1.807, 2.05) is 0 Å². The summed E-state index contributed by atoms with van der Waals surface area (Å²) in [6.07, 6.45) is 0.587. The van der Waals surface area contributed by atoms with Crippen LogP contribution < -0.4 is 5.32 Å². The quantitative estimate of drug-likeness (QED) is 0.878. The van der Waals surface area contributed by atoms with Gasteiger partial charge in [0.15, 0.2) is 0 Å². The van der Waals surface area contributed by atoms with Crippen LogP contribution in [0.1, 0.15) is 37.4 Å². The maximum absolute atomic E-state index is 12.0. The third kappa shape index (κ3) is 5.11. The zero-order valence-electron chi connectivity index (χ0n) is 14.0. The number of ether oxygens (including phenoxy) is 1. The Morgan fingerprint density at radius 1 is 1.23 bits per heavy atom. The summed E-state index contributed by atoms with van der Waals surface area (Å²) < 4.78 is 5.45. The van der Waals surface area contributed by atoms with Gasteiger partial charge in [-0.25, -0.2) is 0 Å². The van der Waals surface area contributed by atoms with E-state index in [9.17, 15) is 4.79 Å². The second-order valence-corrected chi connectivity index (χ2v) is 6.48. The van der Waals surface area contributed by atoms with Gasteiger partial charge in [-0.3, -0.25) is 9.69 Å². The summed E-state index contributed by atoms with van der Waals surface area (Å²) in [6.45, 7) is 10.3. The number of morpholine rings is 1. The molecule has 1 aliphatic rings. The van der Waals surface area contributed by atoms with Crippen molar-refractivity contribution in [1.29, 1.82) is 0 Å². The molecule has 0 unspecified atom stereocenters. The molecule has 1 N–H and O–H groups in total. The van der Waals surface area contributed by atoms with Gasteiger partial charge in [-0.15, -0.1) is 0 Å². The van der Waals surface area contributed by atoms with E-state index in [-0.39, 0.29) is 11.9 Å². The van der Waals surface area contributed by atoms with Gasteiger partial charge in [0.05, 0.1) is 19.3 Å². The molecule has 122 valence electrons. The fourth-order valence-electron chi connectivity index (χ4n) is 2.79. The van der Waals surface area contributed by atoms with Crippen LogP contribution in [0.4, 0.5) is 0 Å². The van der Waals surface area contributed by atoms with E-state index in [4.69, 9.17) is 4.74 Å². The van der Waals surface area contributed by atoms with Crippen LogP contribution in [-0.4, -0.2) is 43.7 Å². The molecule has 1 aromatic rings. The van der Waals surface area contributed by atoms with E-state index in [2.05, 4.69) is 55.3 Å². The molecule has 1 fully saturated rings. The summed E-state index contributed by atoms with van der Waals surface area (Å²) in [6, 6.07) is 8.84. The zero-order chi connectivity index (χ0) is 15.9. The summed E-state index contributed by atoms with van der Waals surface area (Å²) in [5.74, 6) is 0.529. The van der Waals surface area contributed by atoms with Gasteiger partial charge in [-0.2, -0.15) is 0 Å². The Bertz CT molecular complexity index is 464. The molecule has 0 bridgehead atoms. The highest BCUT2D eigenvalue weighted by Gasteiger charge is 2.23. The largest absolute Gasteiger partial charge is 0.379 e. The smallest absolute Gasteiger partial charge is 0.220 e. The van der Waals surface area contributed by atoms with Crippen LogP contribution in [0.2, 0.25) is 0 Å². The first-order chi connectivity index (χ1) is 10.6. The molecular weight excluding hydrogens is 276 g/mol. The molecule has 1 heterocycles. The van der Waals surface area contributed by atoms with E-state index in [1.54, 1.807) is 0 Å². The summed E-state index contributed by atoms with van der Waals surface area (Å²) in [7, 11) is 0. The van der Waals surface area contributed by atoms with E-state index in [0.717, 1.165) is 26.3 Å². The first-order valence-corrected chi connectivity index (χ1v) is 8.21. The monoisotopic (exact) mass is 304 g/mol. The molecular formula is C18H28N2O2. The van der Waals surface area contributed by atoms with Gasteiger partial charge < -0.3 is 10.1 Å². The lowest BCUT2D eigenvalue weighted by Crippen LogP contribution is -2.43. The second-order valence-electron chi connectivity index (χ2n) is 6.48. The van der Waals surface area contributed by atoms with Crippen molar-refractivity contribution in [2.24, 2.45) is 5.92 Å². The minimum atomic E-state index is 0.139. The van der Waals surface area contributed by atoms with E-state index >= 15 is 0 Å². The highest BCUT2D eigenvalue weighted by Crippen LogP contribution is 2.22. The molecule has 0 saturated carbocycles. The number of carbonyl (C=O) groups is 1. The van der Waals surface area contributed by atoms with Crippen LogP contribution in [0.15, 0.2) is 24.3 Å². The topological polar surface area (TPSA) is 41.6 Å². The molecule has 1 amide bonds.